The van der Waals surface area contributed by atoms with Gasteiger partial charge in [-0.2, -0.15) is 0 Å². The third kappa shape index (κ3) is 7.64. The summed E-state index contributed by atoms with van der Waals surface area (Å²) in [5.41, 5.74) is 1.30. The Balaban J connectivity index is 1.53. The van der Waals surface area contributed by atoms with Gasteiger partial charge in [-0.25, -0.2) is 4.98 Å². The zero-order valence-electron chi connectivity index (χ0n) is 14.9. The van der Waals surface area contributed by atoms with Crippen LogP contribution in [0.3, 0.4) is 0 Å². The summed E-state index contributed by atoms with van der Waals surface area (Å²) in [6.07, 6.45) is 13.2. The second-order valence-corrected chi connectivity index (χ2v) is 6.24. The molecule has 2 rings (SSSR count). The zero-order chi connectivity index (χ0) is 16.9. The minimum atomic E-state index is 0.829. The van der Waals surface area contributed by atoms with Crippen molar-refractivity contribution in [1.82, 2.24) is 14.9 Å². The smallest absolute Gasteiger partial charge is 0.119 e. The predicted octanol–water partition coefficient (Wildman–Crippen LogP) is 4.41. The molecule has 2 aromatic rings. The van der Waals surface area contributed by atoms with Gasteiger partial charge in [-0.1, -0.05) is 44.7 Å². The maximum absolute atomic E-state index is 5.80. The minimum absolute atomic E-state index is 0.829. The fourth-order valence-electron chi connectivity index (χ4n) is 2.64. The molecule has 0 spiro atoms. The Hall–Kier alpha value is -1.81. The van der Waals surface area contributed by atoms with E-state index < -0.39 is 0 Å². The molecule has 0 unspecified atom stereocenters. The quantitative estimate of drug-likeness (QED) is 0.553. The van der Waals surface area contributed by atoms with E-state index in [0.29, 0.717) is 0 Å². The summed E-state index contributed by atoms with van der Waals surface area (Å²) in [5.74, 6) is 0.981. The van der Waals surface area contributed by atoms with E-state index in [1.54, 1.807) is 0 Å². The topological polar surface area (TPSA) is 39.1 Å². The lowest BCUT2D eigenvalue weighted by Gasteiger charge is -2.08. The second-order valence-electron chi connectivity index (χ2n) is 6.24. The number of unbranched alkanes of at least 4 members (excludes halogenated alkanes) is 4. The number of nitrogens with zero attached hydrogens (tertiary/aromatic N) is 2. The van der Waals surface area contributed by atoms with E-state index in [1.165, 1.54) is 31.2 Å². The maximum Gasteiger partial charge on any atom is 0.119 e. The standard InChI is InChI=1S/C20H31N3O/c1-2-3-4-5-6-16-24-20-10-8-19(9-11-20)17-21-12-7-14-23-15-13-22-18-23/h8-11,13,15,18,21H,2-7,12,14,16-17H2,1H3. The number of imidazole rings is 1. The van der Waals surface area contributed by atoms with Crippen LogP contribution in [0, 0.1) is 0 Å². The highest BCUT2D eigenvalue weighted by molar-refractivity contribution is 5.27. The number of aryl methyl sites for hydroxylation is 1. The van der Waals surface area contributed by atoms with Crippen LogP contribution < -0.4 is 10.1 Å². The van der Waals surface area contributed by atoms with Gasteiger partial charge in [0.2, 0.25) is 0 Å². The number of ether oxygens (including phenoxy) is 1. The van der Waals surface area contributed by atoms with Crippen LogP contribution >= 0.6 is 0 Å². The Morgan fingerprint density at radius 3 is 2.62 bits per heavy atom. The largest absolute Gasteiger partial charge is 0.494 e. The van der Waals surface area contributed by atoms with Crippen LogP contribution in [0.25, 0.3) is 0 Å². The molecule has 0 aliphatic heterocycles. The average molecular weight is 329 g/mol. The van der Waals surface area contributed by atoms with Crippen LogP contribution in [0.2, 0.25) is 0 Å². The summed E-state index contributed by atoms with van der Waals surface area (Å²) in [6, 6.07) is 8.45. The van der Waals surface area contributed by atoms with Gasteiger partial charge in [0.1, 0.15) is 5.75 Å². The molecule has 0 atom stereocenters. The first-order chi connectivity index (χ1) is 11.9. The second kappa shape index (κ2) is 11.7. The summed E-state index contributed by atoms with van der Waals surface area (Å²) in [7, 11) is 0. The van der Waals surface area contributed by atoms with E-state index in [0.717, 1.165) is 44.8 Å². The van der Waals surface area contributed by atoms with Crippen molar-refractivity contribution in [1.29, 1.82) is 0 Å². The van der Waals surface area contributed by atoms with Crippen molar-refractivity contribution in [2.24, 2.45) is 0 Å². The summed E-state index contributed by atoms with van der Waals surface area (Å²) in [5, 5.41) is 3.48. The van der Waals surface area contributed by atoms with Crippen molar-refractivity contribution in [2.75, 3.05) is 13.2 Å². The van der Waals surface area contributed by atoms with E-state index in [2.05, 4.69) is 46.1 Å². The SMILES string of the molecule is CCCCCCCOc1ccc(CNCCCn2ccnc2)cc1. The van der Waals surface area contributed by atoms with Crippen molar-refractivity contribution in [3.63, 3.8) is 0 Å². The van der Waals surface area contributed by atoms with Crippen molar-refractivity contribution < 1.29 is 4.74 Å². The summed E-state index contributed by atoms with van der Waals surface area (Å²) < 4.78 is 7.90. The maximum atomic E-state index is 5.80. The van der Waals surface area contributed by atoms with Gasteiger partial charge in [-0.3, -0.25) is 0 Å². The normalized spacial score (nSPS) is 10.9. The Labute approximate surface area is 146 Å². The molecular formula is C20H31N3O. The highest BCUT2D eigenvalue weighted by Gasteiger charge is 1.97. The number of hydrogen-bond acceptors (Lipinski definition) is 3. The zero-order valence-corrected chi connectivity index (χ0v) is 14.9. The molecule has 0 saturated heterocycles. The van der Waals surface area contributed by atoms with Gasteiger partial charge < -0.3 is 14.6 Å². The van der Waals surface area contributed by atoms with E-state index in [4.69, 9.17) is 4.74 Å². The molecule has 0 amide bonds. The molecule has 0 aliphatic rings. The Morgan fingerprint density at radius 1 is 1.04 bits per heavy atom. The molecule has 0 fully saturated rings. The molecule has 4 heteroatoms. The van der Waals surface area contributed by atoms with E-state index in [-0.39, 0.29) is 0 Å². The molecule has 0 bridgehead atoms. The lowest BCUT2D eigenvalue weighted by molar-refractivity contribution is 0.304. The van der Waals surface area contributed by atoms with Gasteiger partial charge in [0.15, 0.2) is 0 Å². The highest BCUT2D eigenvalue weighted by Crippen LogP contribution is 2.13. The number of hydrogen-bond donors (Lipinski definition) is 1. The predicted molar refractivity (Wildman–Crippen MR) is 99.2 cm³/mol. The Bertz CT molecular complexity index is 522. The van der Waals surface area contributed by atoms with Crippen molar-refractivity contribution in [2.45, 2.75) is 58.5 Å². The number of rotatable bonds is 13. The van der Waals surface area contributed by atoms with E-state index >= 15 is 0 Å². The van der Waals surface area contributed by atoms with Crippen molar-refractivity contribution in [3.05, 3.63) is 48.5 Å². The third-order valence-electron chi connectivity index (χ3n) is 4.10. The van der Waals surface area contributed by atoms with Crippen LogP contribution in [0.4, 0.5) is 0 Å². The van der Waals surface area contributed by atoms with Crippen LogP contribution in [-0.2, 0) is 13.1 Å². The van der Waals surface area contributed by atoms with Gasteiger partial charge in [0.05, 0.1) is 12.9 Å². The van der Waals surface area contributed by atoms with Gasteiger partial charge in [-0.05, 0) is 37.1 Å². The number of aromatic nitrogens is 2. The minimum Gasteiger partial charge on any atom is -0.494 e. The van der Waals surface area contributed by atoms with Gasteiger partial charge in [-0.15, -0.1) is 0 Å². The lowest BCUT2D eigenvalue weighted by Crippen LogP contribution is -2.16. The Morgan fingerprint density at radius 2 is 1.88 bits per heavy atom. The van der Waals surface area contributed by atoms with Crippen LogP contribution in [0.15, 0.2) is 43.0 Å². The fourth-order valence-corrected chi connectivity index (χ4v) is 2.64. The molecule has 1 heterocycles. The van der Waals surface area contributed by atoms with Crippen LogP contribution in [0.1, 0.15) is 51.0 Å². The molecule has 132 valence electrons. The lowest BCUT2D eigenvalue weighted by atomic mass is 10.2. The van der Waals surface area contributed by atoms with Gasteiger partial charge in [0, 0.05) is 25.5 Å². The number of benzene rings is 1. The first-order valence-corrected chi connectivity index (χ1v) is 9.26. The van der Waals surface area contributed by atoms with Gasteiger partial charge >= 0.3 is 0 Å². The monoisotopic (exact) mass is 329 g/mol. The summed E-state index contributed by atoms with van der Waals surface area (Å²) in [4.78, 5) is 4.05. The van der Waals surface area contributed by atoms with Gasteiger partial charge in [0.25, 0.3) is 0 Å². The molecule has 0 radical (unpaired) electrons. The third-order valence-corrected chi connectivity index (χ3v) is 4.10. The molecule has 1 aromatic heterocycles. The molecule has 0 saturated carbocycles. The fraction of sp³-hybridized carbons (Fsp3) is 0.550. The summed E-state index contributed by atoms with van der Waals surface area (Å²) >= 11 is 0. The first kappa shape index (κ1) is 18.5. The van der Waals surface area contributed by atoms with Crippen LogP contribution in [0.5, 0.6) is 5.75 Å². The molecule has 0 aliphatic carbocycles. The number of nitrogens with one attached hydrogen (secondary N) is 1. The molecule has 1 N–H and O–H groups in total. The van der Waals surface area contributed by atoms with Crippen LogP contribution in [-0.4, -0.2) is 22.7 Å². The van der Waals surface area contributed by atoms with E-state index in [1.807, 2.05) is 18.7 Å². The van der Waals surface area contributed by atoms with Crippen molar-refractivity contribution in [3.8, 4) is 5.75 Å². The summed E-state index contributed by atoms with van der Waals surface area (Å²) in [6.45, 7) is 6.00. The molecule has 1 aromatic carbocycles. The molecule has 4 nitrogen and oxygen atoms in total. The Kier molecular flexibility index (Phi) is 9.02. The highest BCUT2D eigenvalue weighted by atomic mass is 16.5. The molecular weight excluding hydrogens is 298 g/mol. The first-order valence-electron chi connectivity index (χ1n) is 9.26. The van der Waals surface area contributed by atoms with E-state index in [9.17, 15) is 0 Å². The average Bonchev–Trinajstić information content (AvgIpc) is 3.12. The molecule has 24 heavy (non-hydrogen) atoms. The van der Waals surface area contributed by atoms with Crippen molar-refractivity contribution >= 4 is 0 Å².